The summed E-state index contributed by atoms with van der Waals surface area (Å²) in [5.41, 5.74) is 0.751. The second kappa shape index (κ2) is 5.40. The maximum Gasteiger partial charge on any atom is 0.363 e. The van der Waals surface area contributed by atoms with E-state index in [2.05, 4.69) is 4.99 Å². The lowest BCUT2D eigenvalue weighted by Crippen LogP contribution is -2.06. The first-order valence-corrected chi connectivity index (χ1v) is 7.29. The van der Waals surface area contributed by atoms with E-state index in [-0.39, 0.29) is 11.6 Å². The number of esters is 1. The molecule has 0 bridgehead atoms. The van der Waals surface area contributed by atoms with Crippen molar-refractivity contribution < 1.29 is 9.53 Å². The molecule has 1 aromatic heterocycles. The van der Waals surface area contributed by atoms with Gasteiger partial charge in [-0.25, -0.2) is 9.79 Å². The first kappa shape index (κ1) is 13.4. The Hall–Kier alpha value is -1.62. The summed E-state index contributed by atoms with van der Waals surface area (Å²) in [5.74, 6) is -0.324. The number of thiophene rings is 1. The van der Waals surface area contributed by atoms with Gasteiger partial charge in [0.15, 0.2) is 5.70 Å². The van der Waals surface area contributed by atoms with Gasteiger partial charge < -0.3 is 4.74 Å². The molecule has 1 aromatic carbocycles. The number of ether oxygens (including phenoxy) is 1. The fraction of sp³-hybridized carbons (Fsp3) is 0. The molecule has 6 heteroatoms. The van der Waals surface area contributed by atoms with Crippen molar-refractivity contribution in [3.63, 3.8) is 0 Å². The van der Waals surface area contributed by atoms with Crippen LogP contribution in [0.5, 0.6) is 0 Å². The molecule has 2 heterocycles. The number of hydrogen-bond acceptors (Lipinski definition) is 4. The normalized spacial score (nSPS) is 16.4. The van der Waals surface area contributed by atoms with E-state index in [1.807, 2.05) is 17.5 Å². The summed E-state index contributed by atoms with van der Waals surface area (Å²) in [4.78, 5) is 16.9. The van der Waals surface area contributed by atoms with Crippen LogP contribution in [-0.4, -0.2) is 11.9 Å². The van der Waals surface area contributed by atoms with Crippen LogP contribution in [0.15, 0.2) is 46.4 Å². The predicted octanol–water partition coefficient (Wildman–Crippen LogP) is 4.40. The van der Waals surface area contributed by atoms with Crippen molar-refractivity contribution in [1.82, 2.24) is 0 Å². The summed E-state index contributed by atoms with van der Waals surface area (Å²) in [7, 11) is 0. The Labute approximate surface area is 129 Å². The molecule has 0 spiro atoms. The fourth-order valence-corrected chi connectivity index (χ4v) is 2.73. The van der Waals surface area contributed by atoms with Crippen LogP contribution < -0.4 is 0 Å². The zero-order chi connectivity index (χ0) is 14.1. The van der Waals surface area contributed by atoms with Gasteiger partial charge >= 0.3 is 5.97 Å². The minimum absolute atomic E-state index is 0.172. The lowest BCUT2D eigenvalue weighted by Gasteiger charge is -2.03. The SMILES string of the molecule is O=C1OC(c2cccc(Cl)c2Cl)=NC1=Cc1cccs1. The maximum absolute atomic E-state index is 11.8. The third-order valence-corrected chi connectivity index (χ3v) is 4.26. The van der Waals surface area contributed by atoms with Gasteiger partial charge in [0.2, 0.25) is 5.90 Å². The summed E-state index contributed by atoms with van der Waals surface area (Å²) < 4.78 is 5.15. The van der Waals surface area contributed by atoms with E-state index in [0.717, 1.165) is 4.88 Å². The number of aliphatic imine (C=N–C) groups is 1. The van der Waals surface area contributed by atoms with Gasteiger partial charge in [-0.2, -0.15) is 0 Å². The van der Waals surface area contributed by atoms with Gasteiger partial charge in [-0.05, 0) is 29.7 Å². The lowest BCUT2D eigenvalue weighted by atomic mass is 10.2. The van der Waals surface area contributed by atoms with Gasteiger partial charge in [-0.15, -0.1) is 11.3 Å². The highest BCUT2D eigenvalue weighted by molar-refractivity contribution is 7.10. The number of hydrogen-bond donors (Lipinski definition) is 0. The number of rotatable bonds is 2. The second-order valence-corrected chi connectivity index (χ2v) is 5.72. The van der Waals surface area contributed by atoms with E-state index in [9.17, 15) is 4.79 Å². The number of halogens is 2. The summed E-state index contributed by atoms with van der Waals surface area (Å²) in [6, 6.07) is 8.88. The topological polar surface area (TPSA) is 38.7 Å². The quantitative estimate of drug-likeness (QED) is 0.607. The minimum Gasteiger partial charge on any atom is -0.402 e. The maximum atomic E-state index is 11.8. The molecule has 0 fully saturated rings. The summed E-state index contributed by atoms with van der Waals surface area (Å²) >= 11 is 13.5. The molecule has 0 amide bonds. The number of cyclic esters (lactones) is 1. The van der Waals surface area contributed by atoms with E-state index in [4.69, 9.17) is 27.9 Å². The zero-order valence-corrected chi connectivity index (χ0v) is 12.3. The van der Waals surface area contributed by atoms with Crippen molar-refractivity contribution >= 4 is 52.5 Å². The molecule has 0 atom stereocenters. The van der Waals surface area contributed by atoms with Crippen LogP contribution >= 0.6 is 34.5 Å². The highest BCUT2D eigenvalue weighted by Crippen LogP contribution is 2.29. The molecule has 0 aliphatic carbocycles. The Morgan fingerprint density at radius 1 is 1.20 bits per heavy atom. The Bertz CT molecular complexity index is 736. The van der Waals surface area contributed by atoms with E-state index in [0.29, 0.717) is 15.6 Å². The molecule has 0 radical (unpaired) electrons. The van der Waals surface area contributed by atoms with E-state index in [1.165, 1.54) is 11.3 Å². The van der Waals surface area contributed by atoms with Gasteiger partial charge in [0.05, 0.1) is 15.6 Å². The number of benzene rings is 1. The highest BCUT2D eigenvalue weighted by atomic mass is 35.5. The Morgan fingerprint density at radius 2 is 2.05 bits per heavy atom. The predicted molar refractivity (Wildman–Crippen MR) is 81.4 cm³/mol. The minimum atomic E-state index is -0.496. The van der Waals surface area contributed by atoms with Crippen molar-refractivity contribution in [1.29, 1.82) is 0 Å². The molecule has 3 nitrogen and oxygen atoms in total. The molecule has 100 valence electrons. The summed E-state index contributed by atoms with van der Waals surface area (Å²) in [5, 5.41) is 2.63. The van der Waals surface area contributed by atoms with E-state index < -0.39 is 5.97 Å². The van der Waals surface area contributed by atoms with Crippen LogP contribution in [0.1, 0.15) is 10.4 Å². The zero-order valence-electron chi connectivity index (χ0n) is 9.97. The molecular formula is C14H7Cl2NO2S. The van der Waals surface area contributed by atoms with Crippen LogP contribution in [0, 0.1) is 0 Å². The van der Waals surface area contributed by atoms with Crippen LogP contribution in [0.25, 0.3) is 6.08 Å². The van der Waals surface area contributed by atoms with Gasteiger partial charge in [0.1, 0.15) is 0 Å². The van der Waals surface area contributed by atoms with Gasteiger partial charge in [-0.3, -0.25) is 0 Å². The first-order valence-electron chi connectivity index (χ1n) is 5.65. The molecule has 0 saturated heterocycles. The molecule has 2 aromatic rings. The molecule has 3 rings (SSSR count). The summed E-state index contributed by atoms with van der Waals surface area (Å²) in [6.45, 7) is 0. The monoisotopic (exact) mass is 323 g/mol. The van der Waals surface area contributed by atoms with Crippen molar-refractivity contribution in [2.75, 3.05) is 0 Å². The van der Waals surface area contributed by atoms with Crippen LogP contribution in [0.4, 0.5) is 0 Å². The van der Waals surface area contributed by atoms with Crippen molar-refractivity contribution in [3.8, 4) is 0 Å². The smallest absolute Gasteiger partial charge is 0.363 e. The largest absolute Gasteiger partial charge is 0.402 e. The molecule has 0 saturated carbocycles. The van der Waals surface area contributed by atoms with Gasteiger partial charge in [-0.1, -0.05) is 35.3 Å². The number of carbonyl (C=O) groups excluding carboxylic acids is 1. The average molecular weight is 324 g/mol. The second-order valence-electron chi connectivity index (χ2n) is 3.95. The van der Waals surface area contributed by atoms with Crippen molar-refractivity contribution in [3.05, 3.63) is 61.9 Å². The Morgan fingerprint density at radius 3 is 2.80 bits per heavy atom. The first-order chi connectivity index (χ1) is 9.65. The van der Waals surface area contributed by atoms with Crippen LogP contribution in [0.2, 0.25) is 10.0 Å². The molecule has 20 heavy (non-hydrogen) atoms. The third-order valence-electron chi connectivity index (χ3n) is 2.62. The molecule has 0 N–H and O–H groups in total. The number of carbonyl (C=O) groups is 1. The van der Waals surface area contributed by atoms with E-state index in [1.54, 1.807) is 24.3 Å². The fourth-order valence-electron chi connectivity index (χ4n) is 1.70. The Balaban J connectivity index is 2.00. The highest BCUT2D eigenvalue weighted by Gasteiger charge is 2.26. The molecule has 1 aliphatic rings. The van der Waals surface area contributed by atoms with Crippen LogP contribution in [0.3, 0.4) is 0 Å². The van der Waals surface area contributed by atoms with Crippen molar-refractivity contribution in [2.24, 2.45) is 4.99 Å². The van der Waals surface area contributed by atoms with Gasteiger partial charge in [0.25, 0.3) is 0 Å². The molecular weight excluding hydrogens is 317 g/mol. The Kier molecular flexibility index (Phi) is 3.61. The third kappa shape index (κ3) is 2.50. The summed E-state index contributed by atoms with van der Waals surface area (Å²) in [6.07, 6.45) is 1.68. The number of nitrogens with zero attached hydrogens (tertiary/aromatic N) is 1. The molecule has 0 unspecified atom stereocenters. The van der Waals surface area contributed by atoms with Crippen LogP contribution in [-0.2, 0) is 9.53 Å². The van der Waals surface area contributed by atoms with E-state index >= 15 is 0 Å². The standard InChI is InChI=1S/C14H7Cl2NO2S/c15-10-5-1-4-9(12(10)16)13-17-11(14(18)19-13)7-8-3-2-6-20-8/h1-7H. The van der Waals surface area contributed by atoms with Crippen molar-refractivity contribution in [2.45, 2.75) is 0 Å². The van der Waals surface area contributed by atoms with Gasteiger partial charge in [0, 0.05) is 4.88 Å². The lowest BCUT2D eigenvalue weighted by molar-refractivity contribution is -0.129. The average Bonchev–Trinajstić information content (AvgIpc) is 3.04. The molecule has 1 aliphatic heterocycles.